The Balaban J connectivity index is 3.28. The third-order valence-electron chi connectivity index (χ3n) is 1.74. The lowest BCUT2D eigenvalue weighted by Crippen LogP contribution is -2.37. The highest BCUT2D eigenvalue weighted by atomic mass is 32.2. The van der Waals surface area contributed by atoms with Crippen LogP contribution < -0.4 is 10.6 Å². The molecule has 1 aromatic rings. The van der Waals surface area contributed by atoms with Gasteiger partial charge in [0.25, 0.3) is 10.0 Å². The highest BCUT2D eigenvalue weighted by Gasteiger charge is 2.19. The van der Waals surface area contributed by atoms with Crippen molar-refractivity contribution in [1.82, 2.24) is 9.84 Å². The van der Waals surface area contributed by atoms with Gasteiger partial charge in [-0.15, -0.1) is 4.83 Å². The molecule has 0 aliphatic rings. The first-order valence-corrected chi connectivity index (χ1v) is 6.32. The Bertz CT molecular complexity index is 497. The van der Waals surface area contributed by atoms with Crippen LogP contribution in [0.2, 0.25) is 0 Å². The summed E-state index contributed by atoms with van der Waals surface area (Å²) in [6, 6.07) is 6.34. The predicted molar refractivity (Wildman–Crippen MR) is 66.3 cm³/mol. The normalized spacial score (nSPS) is 11.7. The van der Waals surface area contributed by atoms with E-state index in [1.54, 1.807) is 32.3 Å². The van der Waals surface area contributed by atoms with E-state index < -0.39 is 10.0 Å². The minimum atomic E-state index is -3.63. The Kier molecular flexibility index (Phi) is 3.98. The molecule has 0 fully saturated rings. The topological polar surface area (TPSA) is 75.4 Å². The Labute approximate surface area is 100 Å². The quantitative estimate of drug-likeness (QED) is 0.591. The maximum absolute atomic E-state index is 11.9. The lowest BCUT2D eigenvalue weighted by Gasteiger charge is -2.14. The van der Waals surface area contributed by atoms with E-state index >= 15 is 0 Å². The second-order valence-corrected chi connectivity index (χ2v) is 5.42. The molecule has 5 nitrogen and oxygen atoms in total. The number of nitrogens with one attached hydrogen (secondary N) is 1. The minimum Gasteiger partial charge on any atom is -0.389 e. The molecule has 3 N–H and O–H groups in total. The number of hydrazine groups is 1. The van der Waals surface area contributed by atoms with Crippen molar-refractivity contribution >= 4 is 27.2 Å². The van der Waals surface area contributed by atoms with Crippen LogP contribution in [0.5, 0.6) is 0 Å². The van der Waals surface area contributed by atoms with Crippen molar-refractivity contribution in [3.8, 4) is 0 Å². The molecule has 0 radical (unpaired) electrons. The lowest BCUT2D eigenvalue weighted by atomic mass is 10.2. The fraction of sp³-hybridized carbons (Fsp3) is 0.222. The van der Waals surface area contributed by atoms with Crippen molar-refractivity contribution in [2.45, 2.75) is 4.90 Å². The van der Waals surface area contributed by atoms with Crippen LogP contribution in [0.3, 0.4) is 0 Å². The van der Waals surface area contributed by atoms with E-state index in [-0.39, 0.29) is 9.88 Å². The maximum atomic E-state index is 11.9. The van der Waals surface area contributed by atoms with Gasteiger partial charge in [0.2, 0.25) is 0 Å². The first-order valence-electron chi connectivity index (χ1n) is 4.43. The summed E-state index contributed by atoms with van der Waals surface area (Å²) in [4.78, 5) is 2.46. The van der Waals surface area contributed by atoms with Gasteiger partial charge in [-0.3, -0.25) is 0 Å². The van der Waals surface area contributed by atoms with Gasteiger partial charge in [0.05, 0.1) is 4.90 Å². The highest BCUT2D eigenvalue weighted by Crippen LogP contribution is 2.14. The van der Waals surface area contributed by atoms with E-state index in [0.717, 1.165) is 0 Å². The van der Waals surface area contributed by atoms with Crippen LogP contribution in [-0.2, 0) is 10.0 Å². The summed E-state index contributed by atoms with van der Waals surface area (Å²) in [5.41, 5.74) is 5.81. The number of hydrogen-bond donors (Lipinski definition) is 2. The van der Waals surface area contributed by atoms with Gasteiger partial charge in [-0.05, 0) is 6.07 Å². The molecule has 0 amide bonds. The predicted octanol–water partition coefficient (Wildman–Crippen LogP) is 0.0757. The Morgan fingerprint density at radius 1 is 1.38 bits per heavy atom. The van der Waals surface area contributed by atoms with Crippen molar-refractivity contribution < 1.29 is 8.42 Å². The van der Waals surface area contributed by atoms with Crippen LogP contribution in [0, 0.1) is 0 Å². The molecule has 0 bridgehead atoms. The summed E-state index contributed by atoms with van der Waals surface area (Å²) < 4.78 is 23.8. The number of thiocarbonyl (C=S) groups is 1. The average molecular weight is 259 g/mol. The number of hydrogen-bond acceptors (Lipinski definition) is 4. The van der Waals surface area contributed by atoms with Gasteiger partial charge in [0.1, 0.15) is 4.99 Å². The third kappa shape index (κ3) is 2.99. The average Bonchev–Trinajstić information content (AvgIpc) is 2.15. The van der Waals surface area contributed by atoms with Gasteiger partial charge >= 0.3 is 0 Å². The van der Waals surface area contributed by atoms with E-state index in [0.29, 0.717) is 5.56 Å². The van der Waals surface area contributed by atoms with Gasteiger partial charge in [-0.1, -0.05) is 30.4 Å². The zero-order valence-electron chi connectivity index (χ0n) is 8.97. The van der Waals surface area contributed by atoms with Crippen molar-refractivity contribution in [2.24, 2.45) is 5.73 Å². The van der Waals surface area contributed by atoms with Crippen molar-refractivity contribution in [2.75, 3.05) is 14.1 Å². The van der Waals surface area contributed by atoms with Gasteiger partial charge in [0, 0.05) is 19.7 Å². The van der Waals surface area contributed by atoms with E-state index in [1.807, 2.05) is 0 Å². The van der Waals surface area contributed by atoms with Crippen molar-refractivity contribution in [3.05, 3.63) is 29.8 Å². The van der Waals surface area contributed by atoms with E-state index in [4.69, 9.17) is 18.0 Å². The van der Waals surface area contributed by atoms with Crippen LogP contribution >= 0.6 is 12.2 Å². The molecule has 0 aliphatic carbocycles. The monoisotopic (exact) mass is 259 g/mol. The van der Waals surface area contributed by atoms with Crippen LogP contribution in [0.25, 0.3) is 0 Å². The molecule has 1 rings (SSSR count). The number of nitrogens with zero attached hydrogens (tertiary/aromatic N) is 1. The lowest BCUT2D eigenvalue weighted by molar-refractivity contribution is 0.364. The fourth-order valence-corrected chi connectivity index (χ4v) is 2.74. The number of nitrogens with two attached hydrogens (primary N) is 1. The van der Waals surface area contributed by atoms with Gasteiger partial charge < -0.3 is 5.73 Å². The molecule has 0 heterocycles. The summed E-state index contributed by atoms with van der Waals surface area (Å²) in [7, 11) is -0.458. The SMILES string of the molecule is CN(C)NS(=O)(=O)c1ccccc1C(N)=S. The first kappa shape index (κ1) is 13.0. The molecular weight excluding hydrogens is 246 g/mol. The minimum absolute atomic E-state index is 0.0553. The molecule has 0 saturated carbocycles. The molecule has 0 aliphatic heterocycles. The number of benzene rings is 1. The Hall–Kier alpha value is -1.02. The molecule has 0 unspecified atom stereocenters. The molecule has 16 heavy (non-hydrogen) atoms. The van der Waals surface area contributed by atoms with Crippen LogP contribution in [0.1, 0.15) is 5.56 Å². The Morgan fingerprint density at radius 2 is 1.94 bits per heavy atom. The van der Waals surface area contributed by atoms with E-state index in [1.165, 1.54) is 11.1 Å². The molecule has 0 spiro atoms. The molecule has 0 atom stereocenters. The van der Waals surface area contributed by atoms with Gasteiger partial charge in [0.15, 0.2) is 0 Å². The molecule has 7 heteroatoms. The molecule has 88 valence electrons. The van der Waals surface area contributed by atoms with Crippen LogP contribution in [-0.4, -0.2) is 32.5 Å². The van der Waals surface area contributed by atoms with Gasteiger partial charge in [-0.25, -0.2) is 13.4 Å². The second-order valence-electron chi connectivity index (χ2n) is 3.35. The highest BCUT2D eigenvalue weighted by molar-refractivity contribution is 7.89. The summed E-state index contributed by atoms with van der Waals surface area (Å²) in [6.07, 6.45) is 0. The second kappa shape index (κ2) is 4.88. The molecule has 0 aromatic heterocycles. The van der Waals surface area contributed by atoms with E-state index in [2.05, 4.69) is 4.83 Å². The third-order valence-corrected chi connectivity index (χ3v) is 3.51. The summed E-state index contributed by atoms with van der Waals surface area (Å²) in [5.74, 6) is 0. The summed E-state index contributed by atoms with van der Waals surface area (Å²) in [6.45, 7) is 0. The zero-order chi connectivity index (χ0) is 12.3. The summed E-state index contributed by atoms with van der Waals surface area (Å²) in [5, 5.41) is 1.34. The van der Waals surface area contributed by atoms with Crippen LogP contribution in [0.4, 0.5) is 0 Å². The summed E-state index contributed by atoms with van der Waals surface area (Å²) >= 11 is 4.80. The van der Waals surface area contributed by atoms with E-state index in [9.17, 15) is 8.42 Å². The van der Waals surface area contributed by atoms with Crippen molar-refractivity contribution in [1.29, 1.82) is 0 Å². The Morgan fingerprint density at radius 3 is 2.44 bits per heavy atom. The standard InChI is InChI=1S/C9H13N3O2S2/c1-12(2)11-16(13,14)8-6-4-3-5-7(8)9(10)15/h3-6,11H,1-2H3,(H2,10,15). The first-order chi connectivity index (χ1) is 7.34. The van der Waals surface area contributed by atoms with Gasteiger partial charge in [-0.2, -0.15) is 0 Å². The number of rotatable bonds is 4. The number of sulfonamides is 1. The fourth-order valence-electron chi connectivity index (χ4n) is 1.19. The smallest absolute Gasteiger partial charge is 0.254 e. The maximum Gasteiger partial charge on any atom is 0.254 e. The van der Waals surface area contributed by atoms with Crippen LogP contribution in [0.15, 0.2) is 29.2 Å². The molecular formula is C9H13N3O2S2. The molecule has 0 saturated heterocycles. The molecule has 1 aromatic carbocycles. The largest absolute Gasteiger partial charge is 0.389 e. The van der Waals surface area contributed by atoms with Crippen molar-refractivity contribution in [3.63, 3.8) is 0 Å². The zero-order valence-corrected chi connectivity index (χ0v) is 10.6.